The molecule has 0 aliphatic carbocycles. The Bertz CT molecular complexity index is 483. The van der Waals surface area contributed by atoms with Crippen molar-refractivity contribution < 1.29 is 23.4 Å². The molecular formula is C10H8F2N2O3. The predicted octanol–water partition coefficient (Wildman–Crippen LogP) is 1.77. The molecule has 1 heterocycles. The molecule has 0 saturated carbocycles. The summed E-state index contributed by atoms with van der Waals surface area (Å²) in [4.78, 5) is 14.8. The predicted molar refractivity (Wildman–Crippen MR) is 51.5 cm³/mol. The molecule has 90 valence electrons. The first-order valence-electron chi connectivity index (χ1n) is 4.60. The largest absolute Gasteiger partial charge is 0.506 e. The second kappa shape index (κ2) is 5.21. The number of hydrogen-bond acceptors (Lipinski definition) is 5. The van der Waals surface area contributed by atoms with E-state index >= 15 is 0 Å². The Balaban J connectivity index is 3.47. The van der Waals surface area contributed by atoms with Crippen molar-refractivity contribution in [3.05, 3.63) is 23.0 Å². The molecule has 0 amide bonds. The van der Waals surface area contributed by atoms with Gasteiger partial charge in [-0.2, -0.15) is 5.26 Å². The van der Waals surface area contributed by atoms with Crippen molar-refractivity contribution in [2.24, 2.45) is 0 Å². The molecule has 7 heteroatoms. The highest BCUT2D eigenvalue weighted by molar-refractivity contribution is 5.94. The van der Waals surface area contributed by atoms with Gasteiger partial charge in [0.2, 0.25) is 0 Å². The van der Waals surface area contributed by atoms with Crippen LogP contribution in [-0.4, -0.2) is 22.7 Å². The molecule has 0 aliphatic heterocycles. The van der Waals surface area contributed by atoms with Crippen molar-refractivity contribution in [1.82, 2.24) is 4.98 Å². The van der Waals surface area contributed by atoms with Gasteiger partial charge in [0, 0.05) is 0 Å². The van der Waals surface area contributed by atoms with Crippen LogP contribution in [0.15, 0.2) is 6.20 Å². The molecule has 0 radical (unpaired) electrons. The number of pyridine rings is 1. The summed E-state index contributed by atoms with van der Waals surface area (Å²) in [6, 6.07) is 1.50. The van der Waals surface area contributed by atoms with Crippen LogP contribution < -0.4 is 0 Å². The maximum Gasteiger partial charge on any atom is 0.341 e. The summed E-state index contributed by atoms with van der Waals surface area (Å²) in [7, 11) is 0. The standard InChI is InChI=1S/C10H8F2N2O3/c1-2-17-10(16)7-5(3-13)14-4-6(15)8(7)9(11)12/h4,9,15H,2H2,1H3. The molecule has 0 fully saturated rings. The van der Waals surface area contributed by atoms with E-state index in [1.165, 1.54) is 13.0 Å². The zero-order chi connectivity index (χ0) is 13.0. The summed E-state index contributed by atoms with van der Waals surface area (Å²) < 4.78 is 29.9. The van der Waals surface area contributed by atoms with Gasteiger partial charge in [-0.25, -0.2) is 18.6 Å². The van der Waals surface area contributed by atoms with Crippen LogP contribution >= 0.6 is 0 Å². The molecule has 0 aliphatic rings. The Kier molecular flexibility index (Phi) is 3.93. The zero-order valence-corrected chi connectivity index (χ0v) is 8.78. The average molecular weight is 242 g/mol. The van der Waals surface area contributed by atoms with Crippen LogP contribution in [0.4, 0.5) is 8.78 Å². The van der Waals surface area contributed by atoms with E-state index in [-0.39, 0.29) is 6.61 Å². The van der Waals surface area contributed by atoms with Crippen LogP contribution in [0.25, 0.3) is 0 Å². The Labute approximate surface area is 95.3 Å². The zero-order valence-electron chi connectivity index (χ0n) is 8.78. The third kappa shape index (κ3) is 2.47. The first-order chi connectivity index (χ1) is 8.02. The van der Waals surface area contributed by atoms with Gasteiger partial charge in [0.25, 0.3) is 6.43 Å². The highest BCUT2D eigenvalue weighted by atomic mass is 19.3. The van der Waals surface area contributed by atoms with Gasteiger partial charge in [0.1, 0.15) is 17.4 Å². The topological polar surface area (TPSA) is 83.2 Å². The molecule has 0 saturated heterocycles. The molecule has 5 nitrogen and oxygen atoms in total. The minimum absolute atomic E-state index is 0.0396. The lowest BCUT2D eigenvalue weighted by Gasteiger charge is -2.10. The average Bonchev–Trinajstić information content (AvgIpc) is 2.28. The number of halogens is 2. The fourth-order valence-corrected chi connectivity index (χ4v) is 1.23. The fourth-order valence-electron chi connectivity index (χ4n) is 1.23. The third-order valence-electron chi connectivity index (χ3n) is 1.90. The van der Waals surface area contributed by atoms with E-state index in [0.717, 1.165) is 0 Å². The molecule has 0 bridgehead atoms. The van der Waals surface area contributed by atoms with E-state index in [9.17, 15) is 18.7 Å². The number of ether oxygens (including phenoxy) is 1. The summed E-state index contributed by atoms with van der Waals surface area (Å²) in [6.07, 6.45) is -2.41. The Morgan fingerprint density at radius 1 is 1.71 bits per heavy atom. The second-order valence-electron chi connectivity index (χ2n) is 2.91. The molecule has 1 N–H and O–H groups in total. The molecule has 0 atom stereocenters. The van der Waals surface area contributed by atoms with E-state index in [4.69, 9.17) is 5.26 Å². The monoisotopic (exact) mass is 242 g/mol. The first kappa shape index (κ1) is 12.8. The quantitative estimate of drug-likeness (QED) is 0.816. The Morgan fingerprint density at radius 3 is 2.82 bits per heavy atom. The van der Waals surface area contributed by atoms with Crippen molar-refractivity contribution in [3.63, 3.8) is 0 Å². The van der Waals surface area contributed by atoms with Crippen molar-refractivity contribution in [2.75, 3.05) is 6.61 Å². The summed E-state index contributed by atoms with van der Waals surface area (Å²) >= 11 is 0. The van der Waals surface area contributed by atoms with Gasteiger partial charge in [-0.1, -0.05) is 0 Å². The second-order valence-corrected chi connectivity index (χ2v) is 2.91. The van der Waals surface area contributed by atoms with E-state index < -0.39 is 35.0 Å². The fraction of sp³-hybridized carbons (Fsp3) is 0.300. The molecule has 1 aromatic rings. The molecular weight excluding hydrogens is 234 g/mol. The number of esters is 1. The number of alkyl halides is 2. The number of nitrogens with zero attached hydrogens (tertiary/aromatic N) is 2. The molecule has 17 heavy (non-hydrogen) atoms. The van der Waals surface area contributed by atoms with Crippen LogP contribution in [0, 0.1) is 11.3 Å². The van der Waals surface area contributed by atoms with Crippen LogP contribution in [0.5, 0.6) is 5.75 Å². The highest BCUT2D eigenvalue weighted by Crippen LogP contribution is 2.32. The van der Waals surface area contributed by atoms with Crippen molar-refractivity contribution in [1.29, 1.82) is 5.26 Å². The van der Waals surface area contributed by atoms with E-state index in [1.54, 1.807) is 0 Å². The maximum absolute atomic E-state index is 12.7. The van der Waals surface area contributed by atoms with Crippen LogP contribution in [-0.2, 0) is 4.74 Å². The summed E-state index contributed by atoms with van der Waals surface area (Å²) in [5, 5.41) is 17.9. The normalized spacial score (nSPS) is 10.1. The van der Waals surface area contributed by atoms with Gasteiger partial charge < -0.3 is 9.84 Å². The Hall–Kier alpha value is -2.23. The van der Waals surface area contributed by atoms with Gasteiger partial charge in [0.15, 0.2) is 5.69 Å². The first-order valence-corrected chi connectivity index (χ1v) is 4.60. The number of carbonyl (C=O) groups is 1. The van der Waals surface area contributed by atoms with Gasteiger partial charge >= 0.3 is 5.97 Å². The maximum atomic E-state index is 12.7. The summed E-state index contributed by atoms with van der Waals surface area (Å²) in [5.74, 6) is -1.95. The van der Waals surface area contributed by atoms with Crippen molar-refractivity contribution in [3.8, 4) is 11.8 Å². The van der Waals surface area contributed by atoms with E-state index in [1.807, 2.05) is 0 Å². The lowest BCUT2D eigenvalue weighted by atomic mass is 10.1. The lowest BCUT2D eigenvalue weighted by molar-refractivity contribution is 0.0513. The summed E-state index contributed by atoms with van der Waals surface area (Å²) in [5.41, 5.74) is -2.13. The van der Waals surface area contributed by atoms with Crippen LogP contribution in [0.2, 0.25) is 0 Å². The van der Waals surface area contributed by atoms with Gasteiger partial charge in [-0.15, -0.1) is 0 Å². The lowest BCUT2D eigenvalue weighted by Crippen LogP contribution is -2.12. The van der Waals surface area contributed by atoms with Crippen molar-refractivity contribution in [2.45, 2.75) is 13.3 Å². The van der Waals surface area contributed by atoms with Gasteiger partial charge in [-0.05, 0) is 6.92 Å². The molecule has 0 aromatic carbocycles. The number of hydrogen-bond donors (Lipinski definition) is 1. The third-order valence-corrected chi connectivity index (χ3v) is 1.90. The van der Waals surface area contributed by atoms with Crippen LogP contribution in [0.1, 0.15) is 35.0 Å². The highest BCUT2D eigenvalue weighted by Gasteiger charge is 2.27. The number of aromatic nitrogens is 1. The minimum Gasteiger partial charge on any atom is -0.506 e. The number of nitriles is 1. The minimum atomic E-state index is -3.11. The Morgan fingerprint density at radius 2 is 2.35 bits per heavy atom. The van der Waals surface area contributed by atoms with E-state index in [0.29, 0.717) is 6.20 Å². The molecule has 0 spiro atoms. The molecule has 1 aromatic heterocycles. The number of rotatable bonds is 3. The van der Waals surface area contributed by atoms with Crippen LogP contribution in [0.3, 0.4) is 0 Å². The summed E-state index contributed by atoms with van der Waals surface area (Å²) in [6.45, 7) is 1.45. The van der Waals surface area contributed by atoms with Crippen molar-refractivity contribution >= 4 is 5.97 Å². The molecule has 1 rings (SSSR count). The number of aromatic hydroxyl groups is 1. The SMILES string of the molecule is CCOC(=O)c1c(C#N)ncc(O)c1C(F)F. The smallest absolute Gasteiger partial charge is 0.341 e. The van der Waals surface area contributed by atoms with Gasteiger partial charge in [0.05, 0.1) is 18.4 Å². The van der Waals surface area contributed by atoms with E-state index in [2.05, 4.69) is 9.72 Å². The number of carbonyl (C=O) groups excluding carboxylic acids is 1. The molecule has 0 unspecified atom stereocenters. The van der Waals surface area contributed by atoms with Gasteiger partial charge in [-0.3, -0.25) is 0 Å².